The first-order valence-corrected chi connectivity index (χ1v) is 10.9. The molecule has 7 nitrogen and oxygen atoms in total. The molecule has 35 heavy (non-hydrogen) atoms. The van der Waals surface area contributed by atoms with Gasteiger partial charge in [-0.2, -0.15) is 0 Å². The van der Waals surface area contributed by atoms with Gasteiger partial charge in [0.25, 0.3) is 5.91 Å². The molecule has 0 saturated carbocycles. The number of amides is 1. The van der Waals surface area contributed by atoms with Crippen molar-refractivity contribution in [2.45, 2.75) is 0 Å². The Bertz CT molecular complexity index is 1540. The quantitative estimate of drug-likeness (QED) is 0.353. The summed E-state index contributed by atoms with van der Waals surface area (Å²) >= 11 is 0. The minimum atomic E-state index is -0.585. The van der Waals surface area contributed by atoms with Crippen LogP contribution in [0.4, 0.5) is 5.69 Å². The Kier molecular flexibility index (Phi) is 5.96. The van der Waals surface area contributed by atoms with Crippen LogP contribution in [0.1, 0.15) is 20.7 Å². The smallest absolute Gasteiger partial charge is 0.341 e. The minimum Gasteiger partial charge on any atom is -0.465 e. The van der Waals surface area contributed by atoms with Crippen LogP contribution in [0.5, 0.6) is 0 Å². The van der Waals surface area contributed by atoms with Gasteiger partial charge in [0.2, 0.25) is 0 Å². The summed E-state index contributed by atoms with van der Waals surface area (Å²) in [7, 11) is 1.27. The van der Waals surface area contributed by atoms with Gasteiger partial charge in [-0.25, -0.2) is 14.8 Å². The van der Waals surface area contributed by atoms with Crippen molar-refractivity contribution in [2.24, 2.45) is 0 Å². The number of pyridine rings is 1. The normalized spacial score (nSPS) is 10.7. The molecule has 7 heteroatoms. The fourth-order valence-electron chi connectivity index (χ4n) is 3.76. The second kappa shape index (κ2) is 9.52. The molecule has 1 N–H and O–H groups in total. The standard InChI is InChI=1S/C28H20N4O3/c1-35-28(34)21-17-29-15-14-22(21)32-27(33)20-12-13-23-24(16-20)31-26(19-10-6-3-7-11-19)25(30-23)18-8-4-2-5-9-18/h2-17H,1H3,(H,29,32,33). The maximum absolute atomic E-state index is 13.0. The van der Waals surface area contributed by atoms with Crippen molar-refractivity contribution in [3.63, 3.8) is 0 Å². The lowest BCUT2D eigenvalue weighted by Gasteiger charge is -2.12. The zero-order valence-electron chi connectivity index (χ0n) is 18.8. The van der Waals surface area contributed by atoms with Gasteiger partial charge in [0.1, 0.15) is 5.56 Å². The lowest BCUT2D eigenvalue weighted by atomic mass is 10.0. The number of esters is 1. The van der Waals surface area contributed by atoms with E-state index >= 15 is 0 Å². The van der Waals surface area contributed by atoms with Crippen LogP contribution in [0.15, 0.2) is 97.3 Å². The van der Waals surface area contributed by atoms with E-state index in [2.05, 4.69) is 10.3 Å². The summed E-state index contributed by atoms with van der Waals surface area (Å²) in [4.78, 5) is 38.8. The van der Waals surface area contributed by atoms with Crippen molar-refractivity contribution in [2.75, 3.05) is 12.4 Å². The first-order chi connectivity index (χ1) is 17.1. The Morgan fingerprint density at radius 3 is 2.03 bits per heavy atom. The highest BCUT2D eigenvalue weighted by Gasteiger charge is 2.17. The fourth-order valence-corrected chi connectivity index (χ4v) is 3.76. The van der Waals surface area contributed by atoms with Crippen LogP contribution in [-0.4, -0.2) is 33.9 Å². The molecule has 0 radical (unpaired) electrons. The summed E-state index contributed by atoms with van der Waals surface area (Å²) in [5.41, 5.74) is 5.48. The number of nitrogens with zero attached hydrogens (tertiary/aromatic N) is 3. The van der Waals surface area contributed by atoms with Gasteiger partial charge in [-0.3, -0.25) is 9.78 Å². The van der Waals surface area contributed by atoms with E-state index in [0.717, 1.165) is 22.5 Å². The van der Waals surface area contributed by atoms with Crippen LogP contribution in [-0.2, 0) is 4.74 Å². The van der Waals surface area contributed by atoms with E-state index in [1.54, 1.807) is 24.3 Å². The van der Waals surface area contributed by atoms with Crippen LogP contribution < -0.4 is 5.32 Å². The molecule has 0 atom stereocenters. The van der Waals surface area contributed by atoms with E-state index in [0.29, 0.717) is 22.3 Å². The van der Waals surface area contributed by atoms with Crippen LogP contribution >= 0.6 is 0 Å². The first kappa shape index (κ1) is 21.9. The SMILES string of the molecule is COC(=O)c1cnccc1NC(=O)c1ccc2nc(-c3ccccc3)c(-c3ccccc3)nc2c1. The molecule has 0 aliphatic carbocycles. The molecule has 0 bridgehead atoms. The number of carbonyl (C=O) groups is 2. The maximum atomic E-state index is 13.0. The van der Waals surface area contributed by atoms with Crippen LogP contribution in [0.25, 0.3) is 33.5 Å². The molecule has 0 unspecified atom stereocenters. The Balaban J connectivity index is 1.57. The molecule has 0 spiro atoms. The maximum Gasteiger partial charge on any atom is 0.341 e. The number of anilines is 1. The topological polar surface area (TPSA) is 94.1 Å². The van der Waals surface area contributed by atoms with Gasteiger partial charge in [0, 0.05) is 29.1 Å². The van der Waals surface area contributed by atoms with Crippen molar-refractivity contribution in [1.82, 2.24) is 15.0 Å². The van der Waals surface area contributed by atoms with E-state index in [1.165, 1.54) is 19.5 Å². The second-order valence-corrected chi connectivity index (χ2v) is 7.72. The Labute approximate surface area is 201 Å². The summed E-state index contributed by atoms with van der Waals surface area (Å²) in [6.45, 7) is 0. The Morgan fingerprint density at radius 2 is 1.40 bits per heavy atom. The second-order valence-electron chi connectivity index (χ2n) is 7.72. The zero-order valence-corrected chi connectivity index (χ0v) is 18.8. The Morgan fingerprint density at radius 1 is 0.771 bits per heavy atom. The van der Waals surface area contributed by atoms with Crippen LogP contribution in [0.2, 0.25) is 0 Å². The van der Waals surface area contributed by atoms with Gasteiger partial charge >= 0.3 is 5.97 Å². The number of methoxy groups -OCH3 is 1. The first-order valence-electron chi connectivity index (χ1n) is 10.9. The van der Waals surface area contributed by atoms with Crippen molar-refractivity contribution < 1.29 is 14.3 Å². The molecule has 170 valence electrons. The third-order valence-corrected chi connectivity index (χ3v) is 5.50. The van der Waals surface area contributed by atoms with Gasteiger partial charge in [-0.05, 0) is 24.3 Å². The van der Waals surface area contributed by atoms with Crippen LogP contribution in [0.3, 0.4) is 0 Å². The summed E-state index contributed by atoms with van der Waals surface area (Å²) in [6, 6.07) is 26.4. The third kappa shape index (κ3) is 4.47. The van der Waals surface area contributed by atoms with Gasteiger partial charge in [-0.15, -0.1) is 0 Å². The number of hydrogen-bond acceptors (Lipinski definition) is 6. The zero-order chi connectivity index (χ0) is 24.2. The predicted octanol–water partition coefficient (Wildman–Crippen LogP) is 5.40. The van der Waals surface area contributed by atoms with Crippen molar-refractivity contribution >= 4 is 28.6 Å². The molecule has 0 aliphatic rings. The summed E-state index contributed by atoms with van der Waals surface area (Å²) < 4.78 is 4.78. The highest BCUT2D eigenvalue weighted by molar-refractivity contribution is 6.09. The molecule has 5 rings (SSSR count). The molecular weight excluding hydrogens is 440 g/mol. The predicted molar refractivity (Wildman–Crippen MR) is 134 cm³/mol. The number of rotatable bonds is 5. The number of hydrogen-bond donors (Lipinski definition) is 1. The third-order valence-electron chi connectivity index (χ3n) is 5.50. The molecule has 2 aromatic heterocycles. The fraction of sp³-hybridized carbons (Fsp3) is 0.0357. The molecule has 2 heterocycles. The van der Waals surface area contributed by atoms with Gasteiger partial charge in [0.05, 0.1) is 35.2 Å². The molecule has 0 saturated heterocycles. The largest absolute Gasteiger partial charge is 0.465 e. The number of benzene rings is 3. The number of aromatic nitrogens is 3. The van der Waals surface area contributed by atoms with E-state index in [-0.39, 0.29) is 5.56 Å². The minimum absolute atomic E-state index is 0.169. The Hall–Kier alpha value is -4.91. The number of carbonyl (C=O) groups excluding carboxylic acids is 2. The molecule has 0 aliphatic heterocycles. The molecule has 0 fully saturated rings. The molecule has 5 aromatic rings. The lowest BCUT2D eigenvalue weighted by molar-refractivity contribution is 0.0601. The summed E-state index contributed by atoms with van der Waals surface area (Å²) in [5, 5.41) is 2.76. The van der Waals surface area contributed by atoms with E-state index in [4.69, 9.17) is 14.7 Å². The molecule has 3 aromatic carbocycles. The number of fused-ring (bicyclic) bond motifs is 1. The molecular formula is C28H20N4O3. The number of nitrogens with one attached hydrogen (secondary N) is 1. The van der Waals surface area contributed by atoms with Gasteiger partial charge in [0.15, 0.2) is 0 Å². The average Bonchev–Trinajstić information content (AvgIpc) is 2.92. The summed E-state index contributed by atoms with van der Waals surface area (Å²) in [5.74, 6) is -0.975. The summed E-state index contributed by atoms with van der Waals surface area (Å²) in [6.07, 6.45) is 2.84. The molecule has 1 amide bonds. The monoisotopic (exact) mass is 460 g/mol. The average molecular weight is 460 g/mol. The highest BCUT2D eigenvalue weighted by atomic mass is 16.5. The van der Waals surface area contributed by atoms with Crippen molar-refractivity contribution in [3.8, 4) is 22.5 Å². The van der Waals surface area contributed by atoms with E-state index in [1.807, 2.05) is 60.7 Å². The van der Waals surface area contributed by atoms with Gasteiger partial charge in [-0.1, -0.05) is 60.7 Å². The van der Waals surface area contributed by atoms with Crippen molar-refractivity contribution in [3.05, 3.63) is 108 Å². The lowest BCUT2D eigenvalue weighted by Crippen LogP contribution is -2.15. The number of ether oxygens (including phenoxy) is 1. The van der Waals surface area contributed by atoms with Gasteiger partial charge < -0.3 is 10.1 Å². The van der Waals surface area contributed by atoms with E-state index < -0.39 is 11.9 Å². The van der Waals surface area contributed by atoms with E-state index in [9.17, 15) is 9.59 Å². The highest BCUT2D eigenvalue weighted by Crippen LogP contribution is 2.31. The van der Waals surface area contributed by atoms with Crippen LogP contribution in [0, 0.1) is 0 Å². The van der Waals surface area contributed by atoms with Crippen molar-refractivity contribution in [1.29, 1.82) is 0 Å².